The van der Waals surface area contributed by atoms with E-state index in [4.69, 9.17) is 4.74 Å². The maximum Gasteiger partial charge on any atom is 0.264 e. The molecule has 1 aromatic heterocycles. The van der Waals surface area contributed by atoms with E-state index in [-0.39, 0.29) is 22.4 Å². The van der Waals surface area contributed by atoms with E-state index in [1.165, 1.54) is 25.3 Å². The molecule has 2 rings (SSSR count). The Labute approximate surface area is 127 Å². The van der Waals surface area contributed by atoms with Crippen molar-refractivity contribution >= 4 is 26.8 Å². The molecule has 1 heterocycles. The van der Waals surface area contributed by atoms with E-state index < -0.39 is 27.9 Å². The number of hydrogen-bond donors (Lipinski definition) is 1. The maximum atomic E-state index is 13.7. The van der Waals surface area contributed by atoms with E-state index in [2.05, 4.69) is 4.98 Å². The molecule has 2 aromatic rings. The van der Waals surface area contributed by atoms with Crippen LogP contribution in [0.4, 0.5) is 4.39 Å². The second-order valence-corrected chi connectivity index (χ2v) is 6.16. The van der Waals surface area contributed by atoms with Gasteiger partial charge in [0.05, 0.1) is 4.90 Å². The summed E-state index contributed by atoms with van der Waals surface area (Å²) in [7, 11) is -4.15. The molecule has 0 saturated heterocycles. The standard InChI is InChI=1S/C14H15FN2O4S/c1-3-21-9(2)14(18)17-22(19,20)12-7-6-11(15)13-10(12)5-4-8-16-13/h4-9H,3H2,1-2H3,(H,17,18)/t9-/m0/s1. The molecule has 1 aromatic carbocycles. The van der Waals surface area contributed by atoms with Gasteiger partial charge in [0.2, 0.25) is 0 Å². The number of fused-ring (bicyclic) bond motifs is 1. The van der Waals surface area contributed by atoms with Gasteiger partial charge in [-0.3, -0.25) is 9.78 Å². The van der Waals surface area contributed by atoms with Crippen LogP contribution in [0, 0.1) is 5.82 Å². The Kier molecular flexibility index (Phi) is 4.72. The van der Waals surface area contributed by atoms with Crippen LogP contribution in [-0.4, -0.2) is 32.0 Å². The van der Waals surface area contributed by atoms with Gasteiger partial charge in [-0.1, -0.05) is 0 Å². The Hall–Kier alpha value is -2.06. The molecule has 0 saturated carbocycles. The first kappa shape index (κ1) is 16.3. The summed E-state index contributed by atoms with van der Waals surface area (Å²) < 4.78 is 45.3. The molecule has 0 bridgehead atoms. The average Bonchev–Trinajstić information content (AvgIpc) is 2.47. The van der Waals surface area contributed by atoms with Crippen LogP contribution < -0.4 is 4.72 Å². The van der Waals surface area contributed by atoms with E-state index in [1.54, 1.807) is 6.92 Å². The molecular formula is C14H15FN2O4S. The molecule has 8 heteroatoms. The molecule has 22 heavy (non-hydrogen) atoms. The summed E-state index contributed by atoms with van der Waals surface area (Å²) in [5.41, 5.74) is -0.0734. The van der Waals surface area contributed by atoms with Gasteiger partial charge < -0.3 is 4.74 Å². The van der Waals surface area contributed by atoms with E-state index in [0.717, 1.165) is 12.1 Å². The van der Waals surface area contributed by atoms with Gasteiger partial charge in [-0.25, -0.2) is 17.5 Å². The molecule has 118 valence electrons. The second kappa shape index (κ2) is 6.37. The summed E-state index contributed by atoms with van der Waals surface area (Å²) in [5, 5.41) is 0.104. The first-order valence-electron chi connectivity index (χ1n) is 6.58. The van der Waals surface area contributed by atoms with Crippen LogP contribution in [0.5, 0.6) is 0 Å². The number of aromatic nitrogens is 1. The second-order valence-electron chi connectivity index (χ2n) is 4.51. The lowest BCUT2D eigenvalue weighted by molar-refractivity contribution is -0.129. The average molecular weight is 326 g/mol. The van der Waals surface area contributed by atoms with Gasteiger partial charge in [0, 0.05) is 18.2 Å². The Balaban J connectivity index is 2.43. The molecular weight excluding hydrogens is 311 g/mol. The van der Waals surface area contributed by atoms with Crippen molar-refractivity contribution in [2.75, 3.05) is 6.61 Å². The Bertz CT molecular complexity index is 808. The normalized spacial score (nSPS) is 13.0. The third-order valence-electron chi connectivity index (χ3n) is 2.99. The monoisotopic (exact) mass is 326 g/mol. The third-order valence-corrected chi connectivity index (χ3v) is 4.40. The van der Waals surface area contributed by atoms with Crippen LogP contribution in [0.3, 0.4) is 0 Å². The summed E-state index contributed by atoms with van der Waals surface area (Å²) in [6.45, 7) is 3.41. The van der Waals surface area contributed by atoms with Crippen LogP contribution in [0.15, 0.2) is 35.4 Å². The Morgan fingerprint density at radius 3 is 2.82 bits per heavy atom. The molecule has 0 radical (unpaired) electrons. The zero-order chi connectivity index (χ0) is 16.3. The number of hydrogen-bond acceptors (Lipinski definition) is 5. The topological polar surface area (TPSA) is 85.4 Å². The molecule has 1 amide bonds. The van der Waals surface area contributed by atoms with Gasteiger partial charge in [0.25, 0.3) is 15.9 Å². The fourth-order valence-corrected chi connectivity index (χ4v) is 3.18. The van der Waals surface area contributed by atoms with Crippen molar-refractivity contribution in [1.29, 1.82) is 0 Å². The lowest BCUT2D eigenvalue weighted by atomic mass is 10.2. The molecule has 0 unspecified atom stereocenters. The van der Waals surface area contributed by atoms with Crippen molar-refractivity contribution in [3.8, 4) is 0 Å². The molecule has 0 aliphatic carbocycles. The van der Waals surface area contributed by atoms with Crippen LogP contribution in [-0.2, 0) is 19.6 Å². The summed E-state index contributed by atoms with van der Waals surface area (Å²) in [4.78, 5) is 15.4. The van der Waals surface area contributed by atoms with Crippen molar-refractivity contribution in [3.05, 3.63) is 36.3 Å². The van der Waals surface area contributed by atoms with Crippen LogP contribution in [0.25, 0.3) is 10.9 Å². The van der Waals surface area contributed by atoms with Crippen LogP contribution >= 0.6 is 0 Å². The van der Waals surface area contributed by atoms with Crippen molar-refractivity contribution in [2.24, 2.45) is 0 Å². The number of amides is 1. The predicted octanol–water partition coefficient (Wildman–Crippen LogP) is 1.60. The van der Waals surface area contributed by atoms with Crippen LogP contribution in [0.2, 0.25) is 0 Å². The maximum absolute atomic E-state index is 13.7. The highest BCUT2D eigenvalue weighted by atomic mass is 32.2. The highest BCUT2D eigenvalue weighted by Gasteiger charge is 2.24. The molecule has 0 fully saturated rings. The fourth-order valence-electron chi connectivity index (χ4n) is 1.94. The van der Waals surface area contributed by atoms with Gasteiger partial charge in [-0.2, -0.15) is 0 Å². The number of pyridine rings is 1. The SMILES string of the molecule is CCO[C@@H](C)C(=O)NS(=O)(=O)c1ccc(F)c2ncccc12. The molecule has 0 aliphatic heterocycles. The van der Waals surface area contributed by atoms with E-state index in [9.17, 15) is 17.6 Å². The molecule has 1 N–H and O–H groups in total. The van der Waals surface area contributed by atoms with Crippen molar-refractivity contribution in [3.63, 3.8) is 0 Å². The first-order chi connectivity index (χ1) is 10.4. The number of rotatable bonds is 5. The Morgan fingerprint density at radius 2 is 2.14 bits per heavy atom. The van der Waals surface area contributed by atoms with Gasteiger partial charge in [0.15, 0.2) is 0 Å². The van der Waals surface area contributed by atoms with E-state index >= 15 is 0 Å². The Morgan fingerprint density at radius 1 is 1.41 bits per heavy atom. The van der Waals surface area contributed by atoms with Crippen LogP contribution in [0.1, 0.15) is 13.8 Å². The quantitative estimate of drug-likeness (QED) is 0.902. The minimum atomic E-state index is -4.15. The molecule has 0 spiro atoms. The summed E-state index contributed by atoms with van der Waals surface area (Å²) in [5.74, 6) is -1.42. The van der Waals surface area contributed by atoms with E-state index in [1.807, 2.05) is 4.72 Å². The third kappa shape index (κ3) is 3.23. The predicted molar refractivity (Wildman–Crippen MR) is 78.1 cm³/mol. The van der Waals surface area contributed by atoms with Crippen molar-refractivity contribution < 1.29 is 22.3 Å². The van der Waals surface area contributed by atoms with Gasteiger partial charge in [0.1, 0.15) is 17.4 Å². The lowest BCUT2D eigenvalue weighted by Crippen LogP contribution is -2.38. The number of sulfonamides is 1. The highest BCUT2D eigenvalue weighted by Crippen LogP contribution is 2.23. The first-order valence-corrected chi connectivity index (χ1v) is 8.06. The van der Waals surface area contributed by atoms with Gasteiger partial charge >= 0.3 is 0 Å². The summed E-state index contributed by atoms with van der Waals surface area (Å²) in [6, 6.07) is 5.02. The van der Waals surface area contributed by atoms with Gasteiger partial charge in [-0.15, -0.1) is 0 Å². The summed E-state index contributed by atoms with van der Waals surface area (Å²) >= 11 is 0. The van der Waals surface area contributed by atoms with Crippen molar-refractivity contribution in [1.82, 2.24) is 9.71 Å². The van der Waals surface area contributed by atoms with Gasteiger partial charge in [-0.05, 0) is 38.1 Å². The van der Waals surface area contributed by atoms with Crippen molar-refractivity contribution in [2.45, 2.75) is 24.8 Å². The van der Waals surface area contributed by atoms with E-state index in [0.29, 0.717) is 0 Å². The zero-order valence-electron chi connectivity index (χ0n) is 12.0. The molecule has 6 nitrogen and oxygen atoms in total. The number of carbonyl (C=O) groups excluding carboxylic acids is 1. The summed E-state index contributed by atoms with van der Waals surface area (Å²) in [6.07, 6.45) is 0.446. The largest absolute Gasteiger partial charge is 0.369 e. The number of nitrogens with one attached hydrogen (secondary N) is 1. The minimum absolute atomic E-state index is 0.0734. The number of ether oxygens (including phenoxy) is 1. The lowest BCUT2D eigenvalue weighted by Gasteiger charge is -2.13. The zero-order valence-corrected chi connectivity index (χ0v) is 12.9. The number of halogens is 1. The molecule has 0 aliphatic rings. The minimum Gasteiger partial charge on any atom is -0.369 e. The number of benzene rings is 1. The smallest absolute Gasteiger partial charge is 0.264 e. The number of nitrogens with zero attached hydrogens (tertiary/aromatic N) is 1. The molecule has 1 atom stereocenters. The highest BCUT2D eigenvalue weighted by molar-refractivity contribution is 7.90. The number of carbonyl (C=O) groups is 1. The fraction of sp³-hybridized carbons (Fsp3) is 0.286.